The number of aromatic hydroxyl groups is 1. The summed E-state index contributed by atoms with van der Waals surface area (Å²) in [6.07, 6.45) is 0. The van der Waals surface area contributed by atoms with Gasteiger partial charge in [-0.25, -0.2) is 0 Å². The van der Waals surface area contributed by atoms with Gasteiger partial charge in [-0.3, -0.25) is 4.79 Å². The molecule has 0 amide bonds. The average Bonchev–Trinajstić information content (AvgIpc) is 2.60. The van der Waals surface area contributed by atoms with Crippen molar-refractivity contribution in [1.29, 1.82) is 0 Å². The highest BCUT2D eigenvalue weighted by Crippen LogP contribution is 2.38. The molecule has 0 aliphatic rings. The smallest absolute Gasteiger partial charge is 0.200 e. The molecule has 0 aliphatic heterocycles. The molecule has 3 rings (SSSR count). The van der Waals surface area contributed by atoms with Crippen LogP contribution in [0.15, 0.2) is 54.6 Å². The molecular weight excluding hydrogens is 292 g/mol. The lowest BCUT2D eigenvalue weighted by Crippen LogP contribution is -2.03. The van der Waals surface area contributed by atoms with Crippen LogP contribution in [0.4, 0.5) is 0 Å². The zero-order valence-corrected chi connectivity index (χ0v) is 12.9. The third kappa shape index (κ3) is 2.59. The van der Waals surface area contributed by atoms with Crippen LogP contribution in [0.25, 0.3) is 10.8 Å². The minimum atomic E-state index is -0.154. The number of methoxy groups -OCH3 is 2. The Kier molecular flexibility index (Phi) is 3.89. The molecule has 3 aromatic carbocycles. The molecule has 0 bridgehead atoms. The summed E-state index contributed by atoms with van der Waals surface area (Å²) in [4.78, 5) is 12.9. The maximum Gasteiger partial charge on any atom is 0.200 e. The SMILES string of the molecule is COc1cc(C(=O)c2cccc3ccccc23)cc(OC)c1O. The Hall–Kier alpha value is -3.01. The summed E-state index contributed by atoms with van der Waals surface area (Å²) >= 11 is 0. The van der Waals surface area contributed by atoms with Crippen molar-refractivity contribution in [1.82, 2.24) is 0 Å². The van der Waals surface area contributed by atoms with Crippen LogP contribution < -0.4 is 9.47 Å². The van der Waals surface area contributed by atoms with E-state index in [1.54, 1.807) is 6.07 Å². The van der Waals surface area contributed by atoms with E-state index < -0.39 is 0 Å². The zero-order chi connectivity index (χ0) is 16.4. The molecule has 23 heavy (non-hydrogen) atoms. The maximum absolute atomic E-state index is 12.9. The fourth-order valence-corrected chi connectivity index (χ4v) is 2.60. The van der Waals surface area contributed by atoms with Gasteiger partial charge >= 0.3 is 0 Å². The van der Waals surface area contributed by atoms with Crippen LogP contribution in [0, 0.1) is 0 Å². The van der Waals surface area contributed by atoms with Crippen molar-refractivity contribution in [3.8, 4) is 17.2 Å². The van der Waals surface area contributed by atoms with Crippen LogP contribution in [0.5, 0.6) is 17.2 Å². The Morgan fingerprint density at radius 3 is 2.17 bits per heavy atom. The molecule has 116 valence electrons. The lowest BCUT2D eigenvalue weighted by Gasteiger charge is -2.11. The van der Waals surface area contributed by atoms with Crippen molar-refractivity contribution in [2.75, 3.05) is 14.2 Å². The van der Waals surface area contributed by atoms with E-state index in [4.69, 9.17) is 9.47 Å². The van der Waals surface area contributed by atoms with Gasteiger partial charge in [-0.15, -0.1) is 0 Å². The van der Waals surface area contributed by atoms with Crippen molar-refractivity contribution >= 4 is 16.6 Å². The Labute approximate surface area is 133 Å². The number of phenols is 1. The number of phenolic OH excluding ortho intramolecular Hbond substituents is 1. The molecule has 0 radical (unpaired) electrons. The lowest BCUT2D eigenvalue weighted by molar-refractivity contribution is 0.103. The predicted octanol–water partition coefficient (Wildman–Crippen LogP) is 3.79. The Balaban J connectivity index is 2.16. The highest BCUT2D eigenvalue weighted by molar-refractivity contribution is 6.16. The molecule has 0 saturated carbocycles. The fourth-order valence-electron chi connectivity index (χ4n) is 2.60. The van der Waals surface area contributed by atoms with Crippen LogP contribution in [-0.4, -0.2) is 25.1 Å². The van der Waals surface area contributed by atoms with Crippen LogP contribution in [0.3, 0.4) is 0 Å². The van der Waals surface area contributed by atoms with Gasteiger partial charge in [-0.1, -0.05) is 42.5 Å². The van der Waals surface area contributed by atoms with Crippen molar-refractivity contribution in [2.45, 2.75) is 0 Å². The van der Waals surface area contributed by atoms with Crippen LogP contribution in [0.2, 0.25) is 0 Å². The Morgan fingerprint density at radius 1 is 0.913 bits per heavy atom. The van der Waals surface area contributed by atoms with Gasteiger partial charge in [0.25, 0.3) is 0 Å². The van der Waals surface area contributed by atoms with E-state index in [9.17, 15) is 9.90 Å². The van der Waals surface area contributed by atoms with Crippen LogP contribution >= 0.6 is 0 Å². The highest BCUT2D eigenvalue weighted by atomic mass is 16.5. The van der Waals surface area contributed by atoms with Crippen LogP contribution in [-0.2, 0) is 0 Å². The molecule has 1 N–H and O–H groups in total. The van der Waals surface area contributed by atoms with Gasteiger partial charge in [0.2, 0.25) is 5.75 Å². The van der Waals surface area contributed by atoms with E-state index in [2.05, 4.69) is 0 Å². The van der Waals surface area contributed by atoms with Crippen molar-refractivity contribution in [3.05, 3.63) is 65.7 Å². The number of ketones is 1. The summed E-state index contributed by atoms with van der Waals surface area (Å²) in [6, 6.07) is 16.3. The van der Waals surface area contributed by atoms with Crippen molar-refractivity contribution in [3.63, 3.8) is 0 Å². The first-order valence-corrected chi connectivity index (χ1v) is 7.13. The molecule has 0 fully saturated rings. The fraction of sp³-hybridized carbons (Fsp3) is 0.105. The van der Waals surface area contributed by atoms with Gasteiger partial charge < -0.3 is 14.6 Å². The van der Waals surface area contributed by atoms with E-state index >= 15 is 0 Å². The summed E-state index contributed by atoms with van der Waals surface area (Å²) in [5, 5.41) is 11.9. The maximum atomic E-state index is 12.9. The number of hydrogen-bond acceptors (Lipinski definition) is 4. The monoisotopic (exact) mass is 308 g/mol. The molecule has 3 aromatic rings. The number of ether oxygens (including phenoxy) is 2. The van der Waals surface area contributed by atoms with Gasteiger partial charge in [0.1, 0.15) is 0 Å². The number of fused-ring (bicyclic) bond motifs is 1. The highest BCUT2D eigenvalue weighted by Gasteiger charge is 2.18. The third-order valence-electron chi connectivity index (χ3n) is 3.78. The third-order valence-corrected chi connectivity index (χ3v) is 3.78. The number of benzene rings is 3. The van der Waals surface area contributed by atoms with Gasteiger partial charge in [-0.2, -0.15) is 0 Å². The van der Waals surface area contributed by atoms with Crippen molar-refractivity contribution < 1.29 is 19.4 Å². The second-order valence-electron chi connectivity index (χ2n) is 5.09. The van der Waals surface area contributed by atoms with Crippen LogP contribution in [0.1, 0.15) is 15.9 Å². The quantitative estimate of drug-likeness (QED) is 0.745. The van der Waals surface area contributed by atoms with Gasteiger partial charge in [0.15, 0.2) is 17.3 Å². The molecule has 0 spiro atoms. The first kappa shape index (κ1) is 14.9. The molecule has 0 aliphatic carbocycles. The molecule has 4 heteroatoms. The normalized spacial score (nSPS) is 10.5. The number of carbonyl (C=O) groups is 1. The molecule has 0 aromatic heterocycles. The molecular formula is C19H16O4. The van der Waals surface area contributed by atoms with Gasteiger partial charge in [-0.05, 0) is 22.9 Å². The zero-order valence-electron chi connectivity index (χ0n) is 12.9. The van der Waals surface area contributed by atoms with E-state index in [0.717, 1.165) is 10.8 Å². The van der Waals surface area contributed by atoms with E-state index in [1.165, 1.54) is 26.4 Å². The standard InChI is InChI=1S/C19H16O4/c1-22-16-10-13(11-17(23-2)19(16)21)18(20)15-9-5-7-12-6-3-4-8-14(12)15/h3-11,21H,1-2H3. The average molecular weight is 308 g/mol. The summed E-state index contributed by atoms with van der Waals surface area (Å²) in [7, 11) is 2.86. The minimum absolute atomic E-state index is 0.121. The van der Waals surface area contributed by atoms with E-state index in [1.807, 2.05) is 36.4 Å². The minimum Gasteiger partial charge on any atom is -0.502 e. The summed E-state index contributed by atoms with van der Waals surface area (Å²) in [5.74, 6) is 0.128. The summed E-state index contributed by atoms with van der Waals surface area (Å²) in [5.41, 5.74) is 0.991. The largest absolute Gasteiger partial charge is 0.502 e. The predicted molar refractivity (Wildman–Crippen MR) is 88.6 cm³/mol. The van der Waals surface area contributed by atoms with E-state index in [-0.39, 0.29) is 23.0 Å². The Morgan fingerprint density at radius 2 is 1.52 bits per heavy atom. The Bertz CT molecular complexity index is 853. The molecule has 0 saturated heterocycles. The first-order chi connectivity index (χ1) is 11.2. The second-order valence-corrected chi connectivity index (χ2v) is 5.09. The van der Waals surface area contributed by atoms with Crippen molar-refractivity contribution in [2.24, 2.45) is 0 Å². The number of carbonyl (C=O) groups excluding carboxylic acids is 1. The summed E-state index contributed by atoms with van der Waals surface area (Å²) < 4.78 is 10.2. The second kappa shape index (κ2) is 6.01. The van der Waals surface area contributed by atoms with Gasteiger partial charge in [0.05, 0.1) is 14.2 Å². The number of rotatable bonds is 4. The summed E-state index contributed by atoms with van der Waals surface area (Å²) in [6.45, 7) is 0. The number of hydrogen-bond donors (Lipinski definition) is 1. The van der Waals surface area contributed by atoms with E-state index in [0.29, 0.717) is 11.1 Å². The van der Waals surface area contributed by atoms with Gasteiger partial charge in [0, 0.05) is 11.1 Å². The molecule has 0 heterocycles. The molecule has 0 unspecified atom stereocenters. The molecule has 0 atom stereocenters. The topological polar surface area (TPSA) is 55.8 Å². The first-order valence-electron chi connectivity index (χ1n) is 7.13. The molecule has 4 nitrogen and oxygen atoms in total. The lowest BCUT2D eigenvalue weighted by atomic mass is 9.97.